The van der Waals surface area contributed by atoms with Gasteiger partial charge in [0, 0.05) is 23.6 Å². The third-order valence-corrected chi connectivity index (χ3v) is 6.37. The summed E-state index contributed by atoms with van der Waals surface area (Å²) in [6.07, 6.45) is 2.49. The number of ether oxygens (including phenoxy) is 1. The molecule has 166 valence electrons. The van der Waals surface area contributed by atoms with Gasteiger partial charge >= 0.3 is 5.97 Å². The quantitative estimate of drug-likeness (QED) is 0.416. The minimum absolute atomic E-state index is 0.175. The number of aromatic nitrogens is 2. The van der Waals surface area contributed by atoms with Crippen molar-refractivity contribution in [2.45, 2.75) is 13.3 Å². The molecule has 0 saturated heterocycles. The summed E-state index contributed by atoms with van der Waals surface area (Å²) >= 11 is 1.39. The van der Waals surface area contributed by atoms with Crippen molar-refractivity contribution in [2.75, 3.05) is 20.2 Å². The van der Waals surface area contributed by atoms with Crippen LogP contribution in [0.3, 0.4) is 0 Å². The van der Waals surface area contributed by atoms with Crippen molar-refractivity contribution in [3.63, 3.8) is 0 Å². The Morgan fingerprint density at radius 3 is 2.82 bits per heavy atom. The molecule has 1 N–H and O–H groups in total. The van der Waals surface area contributed by atoms with Crippen LogP contribution in [0.25, 0.3) is 21.3 Å². The van der Waals surface area contributed by atoms with Gasteiger partial charge in [0.05, 0.1) is 28.6 Å². The number of esters is 1. The van der Waals surface area contributed by atoms with Crippen molar-refractivity contribution in [3.05, 3.63) is 76.6 Å². The number of methoxy groups -OCH3 is 1. The predicted molar refractivity (Wildman–Crippen MR) is 127 cm³/mol. The molecule has 8 heteroatoms. The number of thiazole rings is 1. The number of aryl methyl sites for hydroxylation is 1. The van der Waals surface area contributed by atoms with Gasteiger partial charge in [-0.3, -0.25) is 9.59 Å². The number of nitrogens with zero attached hydrogens (tertiary/aromatic N) is 3. The van der Waals surface area contributed by atoms with Gasteiger partial charge in [0.15, 0.2) is 0 Å². The number of benzene rings is 2. The molecular formula is C25H22N4O3S. The largest absolute Gasteiger partial charge is 0.468 e. The number of carbonyl (C=O) groups is 2. The number of nitrogens with one attached hydrogen (secondary N) is 1. The maximum atomic E-state index is 13.6. The van der Waals surface area contributed by atoms with Gasteiger partial charge in [-0.25, -0.2) is 4.98 Å². The van der Waals surface area contributed by atoms with Crippen molar-refractivity contribution < 1.29 is 14.3 Å². The molecule has 0 aliphatic carbocycles. The van der Waals surface area contributed by atoms with Gasteiger partial charge < -0.3 is 14.6 Å². The molecule has 0 bridgehead atoms. The van der Waals surface area contributed by atoms with E-state index >= 15 is 0 Å². The number of hydrogen-bond acceptors (Lipinski definition) is 6. The van der Waals surface area contributed by atoms with E-state index in [9.17, 15) is 14.9 Å². The monoisotopic (exact) mass is 458 g/mol. The maximum absolute atomic E-state index is 13.6. The lowest BCUT2D eigenvalue weighted by atomic mass is 10.1. The molecule has 33 heavy (non-hydrogen) atoms. The van der Waals surface area contributed by atoms with E-state index in [1.807, 2.05) is 43.5 Å². The molecule has 1 amide bonds. The normalized spacial score (nSPS) is 10.7. The van der Waals surface area contributed by atoms with Crippen LogP contribution in [0.5, 0.6) is 0 Å². The molecular weight excluding hydrogens is 436 g/mol. The van der Waals surface area contributed by atoms with Crippen molar-refractivity contribution in [1.82, 2.24) is 14.9 Å². The van der Waals surface area contributed by atoms with Crippen LogP contribution in [0.15, 0.2) is 54.7 Å². The summed E-state index contributed by atoms with van der Waals surface area (Å²) in [6.45, 7) is 1.98. The van der Waals surface area contributed by atoms with Crippen LogP contribution >= 0.6 is 11.3 Å². The lowest BCUT2D eigenvalue weighted by Crippen LogP contribution is -2.38. The number of rotatable bonds is 7. The summed E-state index contributed by atoms with van der Waals surface area (Å²) in [4.78, 5) is 35.5. The highest BCUT2D eigenvalue weighted by molar-refractivity contribution is 7.15. The summed E-state index contributed by atoms with van der Waals surface area (Å²) in [5.74, 6) is -0.843. The van der Waals surface area contributed by atoms with Crippen LogP contribution in [-0.4, -0.2) is 46.9 Å². The molecule has 0 spiro atoms. The first-order valence-electron chi connectivity index (χ1n) is 10.4. The van der Waals surface area contributed by atoms with Crippen LogP contribution in [-0.2, 0) is 16.0 Å². The topological polar surface area (TPSA) is 99.1 Å². The van der Waals surface area contributed by atoms with Gasteiger partial charge in [0.2, 0.25) is 0 Å². The summed E-state index contributed by atoms with van der Waals surface area (Å²) in [7, 11) is 1.30. The second-order valence-electron chi connectivity index (χ2n) is 7.52. The predicted octanol–water partition coefficient (Wildman–Crippen LogP) is 4.33. The third kappa shape index (κ3) is 4.78. The third-order valence-electron chi connectivity index (χ3n) is 5.35. The summed E-state index contributed by atoms with van der Waals surface area (Å²) < 4.78 is 4.83. The molecule has 4 aromatic rings. The van der Waals surface area contributed by atoms with E-state index in [4.69, 9.17) is 4.74 Å². The van der Waals surface area contributed by atoms with Crippen LogP contribution in [0, 0.1) is 18.3 Å². The molecule has 4 rings (SSSR count). The Bertz CT molecular complexity index is 1370. The van der Waals surface area contributed by atoms with Crippen molar-refractivity contribution in [2.24, 2.45) is 0 Å². The zero-order valence-electron chi connectivity index (χ0n) is 18.3. The highest BCUT2D eigenvalue weighted by atomic mass is 32.1. The molecule has 0 aliphatic rings. The Balaban J connectivity index is 1.64. The SMILES string of the molecule is COC(=O)CN(CCc1c[nH]c2ccccc12)C(=O)c1nc(C)sc1-c1cccc(C#N)c1. The van der Waals surface area contributed by atoms with Gasteiger partial charge in [-0.05, 0) is 42.7 Å². The van der Waals surface area contributed by atoms with Gasteiger partial charge in [-0.1, -0.05) is 30.3 Å². The van der Waals surface area contributed by atoms with Crippen molar-refractivity contribution >= 4 is 34.1 Å². The first-order valence-corrected chi connectivity index (χ1v) is 11.2. The standard InChI is InChI=1S/C25H22N4O3S/c1-16-28-23(24(33-16)18-7-5-6-17(12-18)13-26)25(31)29(15-22(30)32-2)11-10-19-14-27-21-9-4-3-8-20(19)21/h3-9,12,14,27H,10-11,15H2,1-2H3. The van der Waals surface area contributed by atoms with E-state index in [0.29, 0.717) is 23.4 Å². The van der Waals surface area contributed by atoms with Crippen molar-refractivity contribution in [3.8, 4) is 16.5 Å². The van der Waals surface area contributed by atoms with E-state index in [1.165, 1.54) is 23.3 Å². The van der Waals surface area contributed by atoms with Crippen molar-refractivity contribution in [1.29, 1.82) is 5.26 Å². The molecule has 0 unspecified atom stereocenters. The molecule has 0 saturated carbocycles. The molecule has 0 aliphatic heterocycles. The smallest absolute Gasteiger partial charge is 0.325 e. The summed E-state index contributed by atoms with van der Waals surface area (Å²) in [6, 6.07) is 17.2. The zero-order valence-corrected chi connectivity index (χ0v) is 19.1. The second-order valence-corrected chi connectivity index (χ2v) is 8.72. The Labute approximate surface area is 195 Å². The average molecular weight is 459 g/mol. The minimum atomic E-state index is -0.498. The van der Waals surface area contributed by atoms with Crippen LogP contribution < -0.4 is 0 Å². The van der Waals surface area contributed by atoms with E-state index in [0.717, 1.165) is 27.0 Å². The number of nitriles is 1. The first kappa shape index (κ1) is 22.2. The molecule has 0 fully saturated rings. The number of H-pyrrole nitrogens is 1. The fraction of sp³-hybridized carbons (Fsp3) is 0.200. The highest BCUT2D eigenvalue weighted by Crippen LogP contribution is 2.31. The fourth-order valence-corrected chi connectivity index (χ4v) is 4.62. The molecule has 0 atom stereocenters. The Morgan fingerprint density at radius 2 is 2.03 bits per heavy atom. The molecule has 7 nitrogen and oxygen atoms in total. The number of carbonyl (C=O) groups excluding carboxylic acids is 2. The lowest BCUT2D eigenvalue weighted by Gasteiger charge is -2.21. The number of hydrogen-bond donors (Lipinski definition) is 1. The lowest BCUT2D eigenvalue weighted by molar-refractivity contribution is -0.141. The molecule has 2 aromatic carbocycles. The molecule has 2 heterocycles. The van der Waals surface area contributed by atoms with Crippen LogP contribution in [0.4, 0.5) is 0 Å². The fourth-order valence-electron chi connectivity index (χ4n) is 3.71. The van der Waals surface area contributed by atoms with E-state index in [2.05, 4.69) is 16.0 Å². The van der Waals surface area contributed by atoms with Gasteiger partial charge in [-0.15, -0.1) is 11.3 Å². The molecule has 2 aromatic heterocycles. The summed E-state index contributed by atoms with van der Waals surface area (Å²) in [5.41, 5.74) is 3.61. The highest BCUT2D eigenvalue weighted by Gasteiger charge is 2.26. The van der Waals surface area contributed by atoms with Gasteiger partial charge in [0.1, 0.15) is 12.2 Å². The van der Waals surface area contributed by atoms with Crippen LogP contribution in [0.1, 0.15) is 26.6 Å². The number of para-hydroxylation sites is 1. The Morgan fingerprint density at radius 1 is 1.21 bits per heavy atom. The second kappa shape index (κ2) is 9.67. The number of amides is 1. The minimum Gasteiger partial charge on any atom is -0.468 e. The van der Waals surface area contributed by atoms with Gasteiger partial charge in [0.25, 0.3) is 5.91 Å². The van der Waals surface area contributed by atoms with Crippen LogP contribution in [0.2, 0.25) is 0 Å². The zero-order chi connectivity index (χ0) is 23.4. The summed E-state index contributed by atoms with van der Waals surface area (Å²) in [5, 5.41) is 11.1. The molecule has 0 radical (unpaired) electrons. The van der Waals surface area contributed by atoms with Gasteiger partial charge in [-0.2, -0.15) is 5.26 Å². The number of aromatic amines is 1. The average Bonchev–Trinajstić information content (AvgIpc) is 3.44. The van der Waals surface area contributed by atoms with E-state index in [1.54, 1.807) is 18.2 Å². The van der Waals surface area contributed by atoms with E-state index in [-0.39, 0.29) is 18.1 Å². The Kier molecular flexibility index (Phi) is 6.52. The first-order chi connectivity index (χ1) is 16.0. The number of fused-ring (bicyclic) bond motifs is 1. The van der Waals surface area contributed by atoms with E-state index < -0.39 is 5.97 Å². The Hall–Kier alpha value is -3.96. The maximum Gasteiger partial charge on any atom is 0.325 e.